The summed E-state index contributed by atoms with van der Waals surface area (Å²) in [5.74, 6) is -0.859. The molecule has 3 rings (SSSR count). The fraction of sp³-hybridized carbons (Fsp3) is 0.111. The number of rotatable bonds is 6. The van der Waals surface area contributed by atoms with Gasteiger partial charge in [0.2, 0.25) is 0 Å². The molecule has 0 saturated carbocycles. The molecule has 0 spiro atoms. The van der Waals surface area contributed by atoms with Crippen LogP contribution in [0.3, 0.4) is 0 Å². The normalized spacial score (nSPS) is 10.4. The first-order valence-corrected chi connectivity index (χ1v) is 7.76. The number of primary amides is 1. The third kappa shape index (κ3) is 4.08. The Kier molecular flexibility index (Phi) is 4.84. The van der Waals surface area contributed by atoms with Gasteiger partial charge in [0.05, 0.1) is 11.3 Å². The van der Waals surface area contributed by atoms with Crippen molar-refractivity contribution in [3.05, 3.63) is 77.9 Å². The van der Waals surface area contributed by atoms with E-state index in [0.29, 0.717) is 18.5 Å². The molecule has 0 aliphatic rings. The maximum Gasteiger partial charge on any atom is 0.267 e. The molecule has 7 nitrogen and oxygen atoms in total. The van der Waals surface area contributed by atoms with E-state index in [1.807, 2.05) is 36.5 Å². The van der Waals surface area contributed by atoms with Crippen LogP contribution in [0.2, 0.25) is 0 Å². The summed E-state index contributed by atoms with van der Waals surface area (Å²) in [5.41, 5.74) is 7.73. The van der Waals surface area contributed by atoms with Crippen molar-refractivity contribution in [3.63, 3.8) is 0 Å². The molecule has 0 unspecified atom stereocenters. The Morgan fingerprint density at radius 1 is 1.12 bits per heavy atom. The summed E-state index contributed by atoms with van der Waals surface area (Å²) >= 11 is 0. The van der Waals surface area contributed by atoms with E-state index in [4.69, 9.17) is 5.73 Å². The van der Waals surface area contributed by atoms with Gasteiger partial charge >= 0.3 is 0 Å². The molecule has 0 aliphatic carbocycles. The van der Waals surface area contributed by atoms with Gasteiger partial charge in [-0.2, -0.15) is 5.10 Å². The van der Waals surface area contributed by atoms with Crippen LogP contribution in [-0.2, 0) is 6.42 Å². The molecule has 3 aromatic rings. The van der Waals surface area contributed by atoms with Crippen LogP contribution in [0, 0.1) is 0 Å². The van der Waals surface area contributed by atoms with Crippen LogP contribution in [0.15, 0.2) is 61.1 Å². The van der Waals surface area contributed by atoms with Gasteiger partial charge in [0.1, 0.15) is 5.69 Å². The monoisotopic (exact) mass is 335 g/mol. The zero-order valence-corrected chi connectivity index (χ0v) is 13.4. The molecule has 2 heterocycles. The first-order chi connectivity index (χ1) is 12.1. The smallest absolute Gasteiger partial charge is 0.267 e. The van der Waals surface area contributed by atoms with Crippen molar-refractivity contribution in [1.82, 2.24) is 20.1 Å². The van der Waals surface area contributed by atoms with Crippen molar-refractivity contribution in [3.8, 4) is 5.69 Å². The molecule has 0 saturated heterocycles. The van der Waals surface area contributed by atoms with Crippen LogP contribution in [0.5, 0.6) is 0 Å². The lowest BCUT2D eigenvalue weighted by atomic mass is 10.1. The van der Waals surface area contributed by atoms with Gasteiger partial charge in [-0.1, -0.05) is 12.1 Å². The molecule has 0 bridgehead atoms. The van der Waals surface area contributed by atoms with Crippen LogP contribution >= 0.6 is 0 Å². The number of carbonyl (C=O) groups excluding carboxylic acids is 2. The van der Waals surface area contributed by atoms with Crippen molar-refractivity contribution < 1.29 is 9.59 Å². The average Bonchev–Trinajstić information content (AvgIpc) is 3.17. The molecule has 3 N–H and O–H groups in total. The number of pyridine rings is 1. The SMILES string of the molecule is NC(=O)c1ccc(C(=O)NCCc2ccc(-n3cccn3)cc2)cn1. The van der Waals surface area contributed by atoms with E-state index >= 15 is 0 Å². The van der Waals surface area contributed by atoms with E-state index < -0.39 is 5.91 Å². The van der Waals surface area contributed by atoms with Crippen molar-refractivity contribution in [2.24, 2.45) is 5.73 Å². The number of carbonyl (C=O) groups is 2. The summed E-state index contributed by atoms with van der Waals surface area (Å²) < 4.78 is 1.79. The van der Waals surface area contributed by atoms with Gasteiger partial charge < -0.3 is 11.1 Å². The third-order valence-electron chi connectivity index (χ3n) is 3.68. The largest absolute Gasteiger partial charge is 0.364 e. The summed E-state index contributed by atoms with van der Waals surface area (Å²) in [4.78, 5) is 26.9. The van der Waals surface area contributed by atoms with Gasteiger partial charge in [0.25, 0.3) is 11.8 Å². The molecular weight excluding hydrogens is 318 g/mol. The molecule has 2 aromatic heterocycles. The fourth-order valence-corrected chi connectivity index (χ4v) is 2.33. The zero-order chi connectivity index (χ0) is 17.6. The zero-order valence-electron chi connectivity index (χ0n) is 13.4. The van der Waals surface area contributed by atoms with Crippen LogP contribution in [-0.4, -0.2) is 33.1 Å². The minimum atomic E-state index is -0.620. The number of benzene rings is 1. The first kappa shape index (κ1) is 16.4. The quantitative estimate of drug-likeness (QED) is 0.709. The molecule has 0 atom stereocenters. The molecule has 0 radical (unpaired) electrons. The number of hydrogen-bond acceptors (Lipinski definition) is 4. The first-order valence-electron chi connectivity index (χ1n) is 7.76. The fourth-order valence-electron chi connectivity index (χ4n) is 2.33. The number of nitrogens with two attached hydrogens (primary N) is 1. The third-order valence-corrected chi connectivity index (χ3v) is 3.68. The van der Waals surface area contributed by atoms with Crippen LogP contribution in [0.4, 0.5) is 0 Å². The Balaban J connectivity index is 1.52. The number of nitrogens with one attached hydrogen (secondary N) is 1. The minimum absolute atomic E-state index is 0.133. The topological polar surface area (TPSA) is 103 Å². The predicted octanol–water partition coefficient (Wildman–Crippen LogP) is 1.34. The van der Waals surface area contributed by atoms with E-state index in [2.05, 4.69) is 15.4 Å². The Labute approximate surface area is 144 Å². The van der Waals surface area contributed by atoms with Crippen molar-refractivity contribution in [1.29, 1.82) is 0 Å². The Bertz CT molecular complexity index is 855. The maximum absolute atomic E-state index is 12.0. The standard InChI is InChI=1S/C18H17N5O2/c19-17(24)16-7-4-14(12-21-16)18(25)20-10-8-13-2-5-15(6-3-13)23-11-1-9-22-23/h1-7,9,11-12H,8,10H2,(H2,19,24)(H,20,25). The van der Waals surface area contributed by atoms with Gasteiger partial charge in [-0.15, -0.1) is 0 Å². The highest BCUT2D eigenvalue weighted by Crippen LogP contribution is 2.09. The summed E-state index contributed by atoms with van der Waals surface area (Å²) in [6.07, 6.45) is 5.66. The van der Waals surface area contributed by atoms with E-state index in [1.54, 1.807) is 10.9 Å². The number of amides is 2. The lowest BCUT2D eigenvalue weighted by Gasteiger charge is -2.07. The number of hydrogen-bond donors (Lipinski definition) is 2. The summed E-state index contributed by atoms with van der Waals surface area (Å²) in [6, 6.07) is 12.8. The molecule has 1 aromatic carbocycles. The molecule has 0 aliphatic heterocycles. The highest BCUT2D eigenvalue weighted by atomic mass is 16.2. The van der Waals surface area contributed by atoms with Crippen molar-refractivity contribution in [2.75, 3.05) is 6.54 Å². The number of aromatic nitrogens is 3. The minimum Gasteiger partial charge on any atom is -0.364 e. The maximum atomic E-state index is 12.0. The van der Waals surface area contributed by atoms with Crippen LogP contribution in [0.1, 0.15) is 26.4 Å². The van der Waals surface area contributed by atoms with Crippen molar-refractivity contribution in [2.45, 2.75) is 6.42 Å². The second kappa shape index (κ2) is 7.39. The molecule has 7 heteroatoms. The van der Waals surface area contributed by atoms with Gasteiger partial charge in [-0.25, -0.2) is 4.68 Å². The van der Waals surface area contributed by atoms with Crippen LogP contribution < -0.4 is 11.1 Å². The van der Waals surface area contributed by atoms with Crippen molar-refractivity contribution >= 4 is 11.8 Å². The van der Waals surface area contributed by atoms with E-state index in [9.17, 15) is 9.59 Å². The Morgan fingerprint density at radius 2 is 1.92 bits per heavy atom. The van der Waals surface area contributed by atoms with E-state index in [0.717, 1.165) is 11.3 Å². The van der Waals surface area contributed by atoms with Gasteiger partial charge in [0, 0.05) is 25.1 Å². The van der Waals surface area contributed by atoms with E-state index in [-0.39, 0.29) is 11.6 Å². The van der Waals surface area contributed by atoms with Gasteiger partial charge in [-0.3, -0.25) is 14.6 Å². The summed E-state index contributed by atoms with van der Waals surface area (Å²) in [6.45, 7) is 0.498. The highest BCUT2D eigenvalue weighted by molar-refractivity contribution is 5.95. The molecular formula is C18H17N5O2. The molecule has 25 heavy (non-hydrogen) atoms. The average molecular weight is 335 g/mol. The van der Waals surface area contributed by atoms with E-state index in [1.165, 1.54) is 18.3 Å². The number of nitrogens with zero attached hydrogens (tertiary/aromatic N) is 3. The van der Waals surface area contributed by atoms with Crippen LogP contribution in [0.25, 0.3) is 5.69 Å². The van der Waals surface area contributed by atoms with Gasteiger partial charge in [-0.05, 0) is 42.3 Å². The lowest BCUT2D eigenvalue weighted by Crippen LogP contribution is -2.26. The Hall–Kier alpha value is -3.48. The Morgan fingerprint density at radius 3 is 2.52 bits per heavy atom. The highest BCUT2D eigenvalue weighted by Gasteiger charge is 2.07. The molecule has 2 amide bonds. The summed E-state index contributed by atoms with van der Waals surface area (Å²) in [5, 5.41) is 7.00. The second-order valence-corrected chi connectivity index (χ2v) is 5.42. The summed E-state index contributed by atoms with van der Waals surface area (Å²) in [7, 11) is 0. The lowest BCUT2D eigenvalue weighted by molar-refractivity contribution is 0.0950. The molecule has 0 fully saturated rings. The molecule has 126 valence electrons. The van der Waals surface area contributed by atoms with Gasteiger partial charge in [0.15, 0.2) is 0 Å². The predicted molar refractivity (Wildman–Crippen MR) is 92.4 cm³/mol. The second-order valence-electron chi connectivity index (χ2n) is 5.42.